The molecule has 0 aromatic carbocycles. The molecule has 164 valence electrons. The fraction of sp³-hybridized carbons (Fsp3) is 0.529. The summed E-state index contributed by atoms with van der Waals surface area (Å²) in [7, 11) is 0. The second-order valence-electron chi connectivity index (χ2n) is 6.78. The van der Waals surface area contributed by atoms with Crippen LogP contribution < -0.4 is 5.73 Å². The zero-order chi connectivity index (χ0) is 21.4. The fourth-order valence-corrected chi connectivity index (χ4v) is 3.07. The molecule has 0 aliphatic carbocycles. The van der Waals surface area contributed by atoms with Crippen LogP contribution in [0.25, 0.3) is 11.6 Å². The molecule has 0 radical (unpaired) electrons. The van der Waals surface area contributed by atoms with Crippen molar-refractivity contribution >= 4 is 5.69 Å². The van der Waals surface area contributed by atoms with E-state index in [2.05, 4.69) is 15.2 Å². The van der Waals surface area contributed by atoms with Crippen molar-refractivity contribution in [2.24, 2.45) is 0 Å². The number of aliphatic hydroxyl groups is 1. The van der Waals surface area contributed by atoms with Crippen molar-refractivity contribution in [1.82, 2.24) is 15.2 Å². The smallest absolute Gasteiger partial charge is 0.416 e. The number of hydrogen-bond donors (Lipinski definition) is 2. The second-order valence-corrected chi connectivity index (χ2v) is 6.78. The molecule has 0 saturated heterocycles. The number of aromatic nitrogens is 3. The molecular formula is C17H17F6N4O2U-. The van der Waals surface area contributed by atoms with E-state index in [1.54, 1.807) is 0 Å². The molecule has 0 saturated carbocycles. The number of anilines is 1. The third-order valence-electron chi connectivity index (χ3n) is 4.67. The van der Waals surface area contributed by atoms with Crippen molar-refractivity contribution < 1.29 is 67.0 Å². The van der Waals surface area contributed by atoms with Gasteiger partial charge in [-0.15, -0.1) is 16.3 Å². The average Bonchev–Trinajstić information content (AvgIpc) is 3.09. The molecule has 2 aromatic heterocycles. The van der Waals surface area contributed by atoms with Gasteiger partial charge in [-0.1, -0.05) is 36.9 Å². The minimum Gasteiger partial charge on any atom is -0.416 e. The zero-order valence-corrected chi connectivity index (χ0v) is 19.6. The Morgan fingerprint density at radius 3 is 2.37 bits per heavy atom. The van der Waals surface area contributed by atoms with Gasteiger partial charge in [-0.2, -0.15) is 26.3 Å². The Morgan fingerprint density at radius 2 is 1.73 bits per heavy atom. The maximum atomic E-state index is 13.5. The summed E-state index contributed by atoms with van der Waals surface area (Å²) in [5.41, 5.74) is -0.120. The number of nitrogen functional groups attached to an aromatic ring is 1. The van der Waals surface area contributed by atoms with Gasteiger partial charge >= 0.3 is 12.4 Å². The molecular weight excluding hydrogens is 644 g/mol. The van der Waals surface area contributed by atoms with E-state index in [0.29, 0.717) is 25.3 Å². The Labute approximate surface area is 191 Å². The molecule has 1 aliphatic rings. The molecule has 4 bridgehead atoms. The van der Waals surface area contributed by atoms with E-state index in [9.17, 15) is 31.4 Å². The van der Waals surface area contributed by atoms with Crippen LogP contribution in [-0.2, 0) is 11.8 Å². The van der Waals surface area contributed by atoms with Crippen LogP contribution in [0.2, 0.25) is 0 Å². The zero-order valence-electron chi connectivity index (χ0n) is 15.4. The summed E-state index contributed by atoms with van der Waals surface area (Å²) in [6.45, 7) is 0. The number of halogens is 6. The summed E-state index contributed by atoms with van der Waals surface area (Å²) in [6.07, 6.45) is -7.74. The van der Waals surface area contributed by atoms with Gasteiger partial charge in [0.05, 0.1) is 0 Å². The Balaban J connectivity index is 0.00000320. The van der Waals surface area contributed by atoms with Crippen LogP contribution in [0.3, 0.4) is 0 Å². The molecule has 6 nitrogen and oxygen atoms in total. The van der Waals surface area contributed by atoms with Gasteiger partial charge in [0, 0.05) is 36.8 Å². The SMILES string of the molecule is Nc1cc(C(F)(F)F)c2nc1-c1nnc(o1)C(O)(C(F)(F)F)CCCCCC[CH-]2.[U]. The fourth-order valence-electron chi connectivity index (χ4n) is 3.07. The van der Waals surface area contributed by atoms with Gasteiger partial charge in [0.1, 0.15) is 5.69 Å². The van der Waals surface area contributed by atoms with Crippen molar-refractivity contribution in [3.8, 4) is 11.6 Å². The molecule has 1 aliphatic heterocycles. The normalized spacial score (nSPS) is 20.6. The first-order chi connectivity index (χ1) is 13.4. The van der Waals surface area contributed by atoms with E-state index in [0.717, 1.165) is 0 Å². The molecule has 3 N–H and O–H groups in total. The summed E-state index contributed by atoms with van der Waals surface area (Å²) in [4.78, 5) is 3.82. The van der Waals surface area contributed by atoms with Crippen LogP contribution in [0.5, 0.6) is 0 Å². The summed E-state index contributed by atoms with van der Waals surface area (Å²) in [5.74, 6) is -1.72. The Morgan fingerprint density at radius 1 is 1.07 bits per heavy atom. The van der Waals surface area contributed by atoms with Crippen LogP contribution in [0, 0.1) is 37.5 Å². The molecule has 1 atom stereocenters. The summed E-state index contributed by atoms with van der Waals surface area (Å²) in [5, 5.41) is 16.9. The minimum absolute atomic E-state index is 0. The number of nitrogens with two attached hydrogens (primary N) is 1. The molecule has 30 heavy (non-hydrogen) atoms. The van der Waals surface area contributed by atoms with Crippen LogP contribution >= 0.6 is 0 Å². The van der Waals surface area contributed by atoms with Crippen molar-refractivity contribution in [3.63, 3.8) is 0 Å². The topological polar surface area (TPSA) is 98.1 Å². The second kappa shape index (κ2) is 8.96. The van der Waals surface area contributed by atoms with Gasteiger partial charge in [-0.3, -0.25) is 4.98 Å². The summed E-state index contributed by atoms with van der Waals surface area (Å²) in [6, 6.07) is 0.625. The van der Waals surface area contributed by atoms with Crippen LogP contribution in [0.4, 0.5) is 32.0 Å². The molecule has 3 rings (SSSR count). The number of fused-ring (bicyclic) bond motifs is 5. The van der Waals surface area contributed by atoms with E-state index in [1.807, 2.05) is 0 Å². The maximum absolute atomic E-state index is 13.5. The Kier molecular flexibility index (Phi) is 7.42. The Bertz CT molecular complexity index is 886. The van der Waals surface area contributed by atoms with Gasteiger partial charge in [-0.05, 0) is 12.8 Å². The van der Waals surface area contributed by atoms with Gasteiger partial charge in [-0.25, -0.2) is 6.42 Å². The molecule has 0 fully saturated rings. The maximum Gasteiger partial charge on any atom is 0.426 e. The van der Waals surface area contributed by atoms with E-state index in [4.69, 9.17) is 10.2 Å². The van der Waals surface area contributed by atoms with E-state index >= 15 is 0 Å². The largest absolute Gasteiger partial charge is 0.426 e. The third kappa shape index (κ3) is 4.89. The number of nitrogens with zero attached hydrogens (tertiary/aromatic N) is 3. The standard InChI is InChI=1S/C17H17F6N4O2.U/c18-16(19,20)9-8-10(24)12-13-26-27-14(29-13)15(28,17(21,22)23)7-5-3-1-2-4-6-11(9)25-12;/h6,8,28H,1-5,7,24H2;/q-1;. The molecule has 3 heterocycles. The van der Waals surface area contributed by atoms with Crippen molar-refractivity contribution in [2.45, 2.75) is 56.5 Å². The van der Waals surface area contributed by atoms with Gasteiger partial charge in [0.25, 0.3) is 11.8 Å². The van der Waals surface area contributed by atoms with Crippen LogP contribution in [-0.4, -0.2) is 26.5 Å². The minimum atomic E-state index is -5.09. The summed E-state index contributed by atoms with van der Waals surface area (Å²) < 4.78 is 85.4. The molecule has 0 spiro atoms. The predicted molar refractivity (Wildman–Crippen MR) is 88.0 cm³/mol. The van der Waals surface area contributed by atoms with E-state index in [-0.39, 0.29) is 49.6 Å². The number of rotatable bonds is 0. The van der Waals surface area contributed by atoms with Crippen molar-refractivity contribution in [3.05, 3.63) is 29.6 Å². The predicted octanol–water partition coefficient (Wildman–Crippen LogP) is 4.39. The van der Waals surface area contributed by atoms with Crippen LogP contribution in [0.15, 0.2) is 10.5 Å². The molecule has 1 unspecified atom stereocenters. The van der Waals surface area contributed by atoms with E-state index < -0.39 is 53.1 Å². The molecule has 13 heteroatoms. The average molecular weight is 661 g/mol. The number of pyridine rings is 1. The van der Waals surface area contributed by atoms with Gasteiger partial charge in [0.2, 0.25) is 5.60 Å². The van der Waals surface area contributed by atoms with Gasteiger partial charge in [0.15, 0.2) is 0 Å². The molecule has 0 amide bonds. The monoisotopic (exact) mass is 661 g/mol. The quantitative estimate of drug-likeness (QED) is 0.322. The van der Waals surface area contributed by atoms with Crippen molar-refractivity contribution in [1.29, 1.82) is 0 Å². The first-order valence-electron chi connectivity index (χ1n) is 8.78. The third-order valence-corrected chi connectivity index (χ3v) is 4.67. The van der Waals surface area contributed by atoms with Crippen molar-refractivity contribution in [2.75, 3.05) is 5.73 Å². The molecule has 2 aromatic rings. The summed E-state index contributed by atoms with van der Waals surface area (Å²) >= 11 is 0. The first-order valence-corrected chi connectivity index (χ1v) is 8.78. The number of alkyl halides is 6. The van der Waals surface area contributed by atoms with Crippen LogP contribution in [0.1, 0.15) is 55.7 Å². The Hall–Kier alpha value is -1.45. The first kappa shape index (κ1) is 24.8. The van der Waals surface area contributed by atoms with Gasteiger partial charge < -0.3 is 15.3 Å². The number of hydrogen-bond acceptors (Lipinski definition) is 6. The van der Waals surface area contributed by atoms with E-state index in [1.165, 1.54) is 6.42 Å².